The highest BCUT2D eigenvalue weighted by Gasteiger charge is 2.29. The number of aliphatic hydroxyl groups is 1. The van der Waals surface area contributed by atoms with Crippen LogP contribution in [0.15, 0.2) is 40.9 Å². The Balaban J connectivity index is 3.01. The zero-order chi connectivity index (χ0) is 15.3. The van der Waals surface area contributed by atoms with Crippen molar-refractivity contribution in [2.75, 3.05) is 5.32 Å². The minimum absolute atomic E-state index is 0.0861. The molecule has 0 aliphatic heterocycles. The molecular formula is C13H14F2N2O3. The highest BCUT2D eigenvalue weighted by atomic mass is 19.3. The highest BCUT2D eigenvalue weighted by Crippen LogP contribution is 2.32. The average Bonchev–Trinajstić information content (AvgIpc) is 2.39. The van der Waals surface area contributed by atoms with Crippen molar-refractivity contribution in [1.82, 2.24) is 0 Å². The number of carbonyl (C=O) groups is 1. The lowest BCUT2D eigenvalue weighted by molar-refractivity contribution is -0.113. The molecule has 1 aromatic rings. The van der Waals surface area contributed by atoms with E-state index >= 15 is 0 Å². The third-order valence-corrected chi connectivity index (χ3v) is 2.64. The van der Waals surface area contributed by atoms with Crippen LogP contribution in [0.1, 0.15) is 25.8 Å². The third-order valence-electron chi connectivity index (χ3n) is 2.64. The van der Waals surface area contributed by atoms with Gasteiger partial charge < -0.3 is 10.4 Å². The van der Waals surface area contributed by atoms with E-state index in [4.69, 9.17) is 5.11 Å². The monoisotopic (exact) mass is 284 g/mol. The van der Waals surface area contributed by atoms with Crippen LogP contribution in [0.2, 0.25) is 0 Å². The molecule has 0 heterocycles. The summed E-state index contributed by atoms with van der Waals surface area (Å²) in [5.41, 5.74) is -0.858. The molecule has 0 bridgehead atoms. The molecule has 2 N–H and O–H groups in total. The lowest BCUT2D eigenvalue weighted by atomic mass is 10.1. The molecule has 0 aromatic heterocycles. The molecule has 0 spiro atoms. The maximum Gasteiger partial charge on any atom is 0.281 e. The summed E-state index contributed by atoms with van der Waals surface area (Å²) in [7, 11) is 0. The van der Waals surface area contributed by atoms with Crippen molar-refractivity contribution in [3.05, 3.63) is 46.2 Å². The van der Waals surface area contributed by atoms with Crippen molar-refractivity contribution in [3.63, 3.8) is 0 Å². The molecule has 0 aliphatic rings. The molecule has 0 aliphatic carbocycles. The van der Waals surface area contributed by atoms with Gasteiger partial charge >= 0.3 is 0 Å². The number of hydrogen-bond donors (Lipinski definition) is 2. The first-order valence-electron chi connectivity index (χ1n) is 5.84. The summed E-state index contributed by atoms with van der Waals surface area (Å²) in [4.78, 5) is 22.0. The average molecular weight is 284 g/mol. The van der Waals surface area contributed by atoms with Crippen molar-refractivity contribution >= 4 is 11.6 Å². The second-order valence-corrected chi connectivity index (χ2v) is 4.12. The van der Waals surface area contributed by atoms with Gasteiger partial charge in [0.25, 0.3) is 11.8 Å². The molecular weight excluding hydrogens is 270 g/mol. The number of hydrogen-bond acceptors (Lipinski definition) is 4. The predicted molar refractivity (Wildman–Crippen MR) is 70.4 cm³/mol. The fourth-order valence-electron chi connectivity index (χ4n) is 1.49. The summed E-state index contributed by atoms with van der Waals surface area (Å²) in [6.45, 7) is 2.47. The van der Waals surface area contributed by atoms with Gasteiger partial charge in [-0.25, -0.2) is 8.78 Å². The van der Waals surface area contributed by atoms with Crippen molar-refractivity contribution in [1.29, 1.82) is 0 Å². The number of anilines is 1. The summed E-state index contributed by atoms with van der Waals surface area (Å²) >= 11 is 0. The van der Waals surface area contributed by atoms with Crippen molar-refractivity contribution in [3.8, 4) is 0 Å². The highest BCUT2D eigenvalue weighted by molar-refractivity contribution is 6.03. The Morgan fingerprint density at radius 3 is 2.60 bits per heavy atom. The summed E-state index contributed by atoms with van der Waals surface area (Å²) in [6, 6.07) is 5.10. The number of aliphatic hydroxyl groups excluding tert-OH is 1. The van der Waals surface area contributed by atoms with Crippen LogP contribution < -0.4 is 5.32 Å². The number of benzene rings is 1. The van der Waals surface area contributed by atoms with Crippen LogP contribution in [0, 0.1) is 4.91 Å². The molecule has 1 rings (SSSR count). The van der Waals surface area contributed by atoms with Gasteiger partial charge in [0.1, 0.15) is 5.76 Å². The zero-order valence-corrected chi connectivity index (χ0v) is 11.0. The van der Waals surface area contributed by atoms with Gasteiger partial charge in [-0.05, 0) is 24.2 Å². The van der Waals surface area contributed by atoms with Gasteiger partial charge in [0.2, 0.25) is 5.70 Å². The van der Waals surface area contributed by atoms with Gasteiger partial charge in [0, 0.05) is 17.7 Å². The Bertz CT molecular complexity index is 552. The molecule has 7 heteroatoms. The first-order valence-corrected chi connectivity index (χ1v) is 5.84. The van der Waals surface area contributed by atoms with Crippen molar-refractivity contribution < 1.29 is 18.7 Å². The van der Waals surface area contributed by atoms with Crippen LogP contribution in [0.25, 0.3) is 0 Å². The SMILES string of the molecule is CCC(F)(F)c1cccc(NC(=O)/C(N=O)=C(/C)O)c1. The van der Waals surface area contributed by atoms with E-state index in [1.54, 1.807) is 0 Å². The quantitative estimate of drug-likeness (QED) is 0.491. The molecule has 5 nitrogen and oxygen atoms in total. The predicted octanol–water partition coefficient (Wildman–Crippen LogP) is 3.68. The van der Waals surface area contributed by atoms with E-state index in [1.165, 1.54) is 25.1 Å². The molecule has 0 fully saturated rings. The van der Waals surface area contributed by atoms with Crippen LogP contribution in [-0.4, -0.2) is 11.0 Å². The van der Waals surface area contributed by atoms with Crippen LogP contribution in [0.5, 0.6) is 0 Å². The number of carbonyl (C=O) groups excluding carboxylic acids is 1. The fraction of sp³-hybridized carbons (Fsp3) is 0.308. The van der Waals surface area contributed by atoms with Gasteiger partial charge in [0.05, 0.1) is 0 Å². The number of amides is 1. The van der Waals surface area contributed by atoms with E-state index < -0.39 is 23.3 Å². The fourth-order valence-corrected chi connectivity index (χ4v) is 1.49. The Labute approximate surface area is 114 Å². The molecule has 1 amide bonds. The summed E-state index contributed by atoms with van der Waals surface area (Å²) in [5.74, 6) is -4.51. The van der Waals surface area contributed by atoms with E-state index in [0.29, 0.717) is 0 Å². The zero-order valence-electron chi connectivity index (χ0n) is 11.0. The number of alkyl halides is 2. The first-order chi connectivity index (χ1) is 9.31. The van der Waals surface area contributed by atoms with Gasteiger partial charge in [-0.15, -0.1) is 4.91 Å². The Hall–Kier alpha value is -2.31. The van der Waals surface area contributed by atoms with E-state index in [0.717, 1.165) is 13.0 Å². The van der Waals surface area contributed by atoms with Crippen LogP contribution in [-0.2, 0) is 10.7 Å². The van der Waals surface area contributed by atoms with Crippen molar-refractivity contribution in [2.45, 2.75) is 26.2 Å². The molecule has 0 saturated carbocycles. The number of nitrogens with zero attached hydrogens (tertiary/aromatic N) is 1. The second-order valence-electron chi connectivity index (χ2n) is 4.12. The third kappa shape index (κ3) is 3.59. The Morgan fingerprint density at radius 2 is 2.10 bits per heavy atom. The summed E-state index contributed by atoms with van der Waals surface area (Å²) in [5, 5.41) is 13.7. The van der Waals surface area contributed by atoms with Crippen LogP contribution in [0.3, 0.4) is 0 Å². The molecule has 0 saturated heterocycles. The Kier molecular flexibility index (Phi) is 4.90. The topological polar surface area (TPSA) is 78.8 Å². The molecule has 1 aromatic carbocycles. The summed E-state index contributed by atoms with van der Waals surface area (Å²) in [6.07, 6.45) is -0.374. The minimum atomic E-state index is -3.00. The van der Waals surface area contributed by atoms with E-state index in [9.17, 15) is 18.5 Å². The number of allylic oxidation sites excluding steroid dienone is 1. The van der Waals surface area contributed by atoms with E-state index in [-0.39, 0.29) is 17.7 Å². The Morgan fingerprint density at radius 1 is 1.45 bits per heavy atom. The number of rotatable bonds is 5. The van der Waals surface area contributed by atoms with Gasteiger partial charge in [-0.3, -0.25) is 4.79 Å². The smallest absolute Gasteiger partial charge is 0.281 e. The largest absolute Gasteiger partial charge is 0.510 e. The van der Waals surface area contributed by atoms with Crippen LogP contribution in [0.4, 0.5) is 14.5 Å². The lowest BCUT2D eigenvalue weighted by Crippen LogP contribution is -2.16. The second kappa shape index (κ2) is 6.23. The van der Waals surface area contributed by atoms with E-state index in [2.05, 4.69) is 10.5 Å². The number of nitroso groups, excluding NO2 is 1. The molecule has 0 unspecified atom stereocenters. The maximum atomic E-state index is 13.5. The van der Waals surface area contributed by atoms with Gasteiger partial charge in [-0.1, -0.05) is 19.1 Å². The van der Waals surface area contributed by atoms with Crippen LogP contribution >= 0.6 is 0 Å². The molecule has 0 atom stereocenters. The minimum Gasteiger partial charge on any atom is -0.510 e. The lowest BCUT2D eigenvalue weighted by Gasteiger charge is -2.15. The molecule has 108 valence electrons. The van der Waals surface area contributed by atoms with Gasteiger partial charge in [-0.2, -0.15) is 0 Å². The van der Waals surface area contributed by atoms with Gasteiger partial charge in [0.15, 0.2) is 0 Å². The maximum absolute atomic E-state index is 13.5. The standard InChI is InChI=1S/C13H14F2N2O3/c1-3-13(14,15)9-5-4-6-10(7-9)16-12(19)11(17-20)8(2)18/h4-7,18H,3H2,1-2H3,(H,16,19)/b11-8+. The first kappa shape index (κ1) is 15.7. The summed E-state index contributed by atoms with van der Waals surface area (Å²) < 4.78 is 27.0. The normalized spacial score (nSPS) is 12.6. The number of halogens is 2. The van der Waals surface area contributed by atoms with E-state index in [1.807, 2.05) is 0 Å². The molecule has 0 radical (unpaired) electrons. The number of nitrogens with one attached hydrogen (secondary N) is 1. The molecule has 20 heavy (non-hydrogen) atoms. The van der Waals surface area contributed by atoms with Crippen molar-refractivity contribution in [2.24, 2.45) is 5.18 Å².